The highest BCUT2D eigenvalue weighted by atomic mass is 32.2. The number of anilines is 1. The fraction of sp³-hybridized carbons (Fsp3) is 0.188. The monoisotopic (exact) mass is 283 g/mol. The van der Waals surface area contributed by atoms with Crippen molar-refractivity contribution in [1.29, 1.82) is 0 Å². The summed E-state index contributed by atoms with van der Waals surface area (Å²) in [5.74, 6) is 0. The van der Waals surface area contributed by atoms with E-state index in [0.717, 1.165) is 10.6 Å². The molecule has 0 saturated carbocycles. The lowest BCUT2D eigenvalue weighted by atomic mass is 10.2. The summed E-state index contributed by atoms with van der Waals surface area (Å²) in [6, 6.07) is 18.9. The molecule has 4 heteroatoms. The normalized spacial score (nSPS) is 17.5. The van der Waals surface area contributed by atoms with Gasteiger partial charge in [0.1, 0.15) is 10.4 Å². The third-order valence-electron chi connectivity index (χ3n) is 3.25. The summed E-state index contributed by atoms with van der Waals surface area (Å²) in [7, 11) is 4.10. The number of nitrogens with zero attached hydrogens (tertiary/aromatic N) is 2. The van der Waals surface area contributed by atoms with Crippen LogP contribution in [0.5, 0.6) is 0 Å². The van der Waals surface area contributed by atoms with E-state index in [1.54, 1.807) is 11.8 Å². The molecule has 20 heavy (non-hydrogen) atoms. The Kier molecular flexibility index (Phi) is 3.65. The second kappa shape index (κ2) is 5.59. The molecule has 102 valence electrons. The molecule has 1 aliphatic rings. The molecule has 1 atom stereocenters. The average Bonchev–Trinajstić information content (AvgIpc) is 2.98. The molecule has 1 N–H and O–H groups in total. The molecule has 3 rings (SSSR count). The van der Waals surface area contributed by atoms with Crippen molar-refractivity contribution in [3.8, 4) is 0 Å². The first-order valence-electron chi connectivity index (χ1n) is 6.56. The van der Waals surface area contributed by atoms with E-state index in [1.165, 1.54) is 11.3 Å². The van der Waals surface area contributed by atoms with E-state index in [4.69, 9.17) is 0 Å². The third-order valence-corrected chi connectivity index (χ3v) is 4.41. The van der Waals surface area contributed by atoms with Crippen LogP contribution in [0.3, 0.4) is 0 Å². The van der Waals surface area contributed by atoms with Crippen molar-refractivity contribution in [3.05, 3.63) is 65.7 Å². The molecule has 0 bridgehead atoms. The quantitative estimate of drug-likeness (QED) is 0.935. The van der Waals surface area contributed by atoms with Gasteiger partial charge in [0.25, 0.3) is 0 Å². The van der Waals surface area contributed by atoms with E-state index in [0.29, 0.717) is 0 Å². The number of hydrazone groups is 1. The summed E-state index contributed by atoms with van der Waals surface area (Å²) in [4.78, 5) is 2.10. The fourth-order valence-corrected chi connectivity index (χ4v) is 3.08. The highest BCUT2D eigenvalue weighted by Crippen LogP contribution is 2.34. The van der Waals surface area contributed by atoms with Crippen molar-refractivity contribution in [2.24, 2.45) is 5.10 Å². The van der Waals surface area contributed by atoms with Gasteiger partial charge in [0.15, 0.2) is 0 Å². The molecule has 0 radical (unpaired) electrons. The van der Waals surface area contributed by atoms with Crippen LogP contribution in [0.1, 0.15) is 16.5 Å². The average molecular weight is 283 g/mol. The van der Waals surface area contributed by atoms with Crippen molar-refractivity contribution >= 4 is 22.5 Å². The van der Waals surface area contributed by atoms with E-state index < -0.39 is 0 Å². The van der Waals surface area contributed by atoms with Crippen molar-refractivity contribution in [3.63, 3.8) is 0 Å². The predicted molar refractivity (Wildman–Crippen MR) is 87.2 cm³/mol. The molecule has 0 spiro atoms. The largest absolute Gasteiger partial charge is 0.378 e. The number of thioether (sulfide) groups is 1. The molecule has 0 aliphatic carbocycles. The second-order valence-corrected chi connectivity index (χ2v) is 5.99. The predicted octanol–water partition coefficient (Wildman–Crippen LogP) is 3.45. The highest BCUT2D eigenvalue weighted by Gasteiger charge is 2.21. The molecule has 3 nitrogen and oxygen atoms in total. The van der Waals surface area contributed by atoms with Gasteiger partial charge in [-0.3, -0.25) is 5.43 Å². The van der Waals surface area contributed by atoms with Gasteiger partial charge in [-0.15, -0.1) is 0 Å². The number of benzene rings is 2. The Hall–Kier alpha value is -1.94. The molecule has 0 saturated heterocycles. The van der Waals surface area contributed by atoms with Crippen LogP contribution in [0, 0.1) is 0 Å². The van der Waals surface area contributed by atoms with Crippen molar-refractivity contribution in [2.75, 3.05) is 19.0 Å². The van der Waals surface area contributed by atoms with Gasteiger partial charge < -0.3 is 4.90 Å². The Bertz CT molecular complexity index is 605. The Morgan fingerprint density at radius 1 is 1.00 bits per heavy atom. The number of hydrogen-bond donors (Lipinski definition) is 1. The van der Waals surface area contributed by atoms with Crippen LogP contribution in [0.25, 0.3) is 0 Å². The topological polar surface area (TPSA) is 27.6 Å². The van der Waals surface area contributed by atoms with Crippen molar-refractivity contribution in [1.82, 2.24) is 5.43 Å². The first kappa shape index (κ1) is 13.1. The summed E-state index contributed by atoms with van der Waals surface area (Å²) in [6.45, 7) is 0. The van der Waals surface area contributed by atoms with E-state index in [-0.39, 0.29) is 5.37 Å². The molecule has 1 unspecified atom stereocenters. The van der Waals surface area contributed by atoms with E-state index in [2.05, 4.69) is 51.8 Å². The standard InChI is InChI=1S/C16H17N3S/c1-19(2)14-10-8-13(9-11-14)16-18-17-15(20-16)12-6-4-3-5-7-12/h3-11,16,18H,1-2H3. The molecular weight excluding hydrogens is 266 g/mol. The Morgan fingerprint density at radius 3 is 2.35 bits per heavy atom. The second-order valence-electron chi connectivity index (χ2n) is 4.90. The van der Waals surface area contributed by atoms with E-state index >= 15 is 0 Å². The molecule has 2 aromatic carbocycles. The van der Waals surface area contributed by atoms with Crippen LogP contribution in [0.15, 0.2) is 59.7 Å². The molecule has 1 heterocycles. The lowest BCUT2D eigenvalue weighted by molar-refractivity contribution is 0.744. The van der Waals surface area contributed by atoms with Crippen LogP contribution in [-0.4, -0.2) is 19.1 Å². The minimum absolute atomic E-state index is 0.196. The summed E-state index contributed by atoms with van der Waals surface area (Å²) in [5, 5.41) is 5.68. The van der Waals surface area contributed by atoms with Gasteiger partial charge in [0.05, 0.1) is 0 Å². The van der Waals surface area contributed by atoms with Crippen molar-refractivity contribution < 1.29 is 0 Å². The maximum Gasteiger partial charge on any atom is 0.126 e. The molecule has 0 aromatic heterocycles. The van der Waals surface area contributed by atoms with Crippen LogP contribution >= 0.6 is 11.8 Å². The Labute approximate surface area is 123 Å². The number of nitrogens with one attached hydrogen (secondary N) is 1. The van der Waals surface area contributed by atoms with Gasteiger partial charge >= 0.3 is 0 Å². The van der Waals surface area contributed by atoms with Gasteiger partial charge in [-0.25, -0.2) is 0 Å². The van der Waals surface area contributed by atoms with Crippen molar-refractivity contribution in [2.45, 2.75) is 5.37 Å². The summed E-state index contributed by atoms with van der Waals surface area (Å²) < 4.78 is 0. The molecule has 2 aromatic rings. The summed E-state index contributed by atoms with van der Waals surface area (Å²) in [5.41, 5.74) is 6.83. The van der Waals surface area contributed by atoms with Crippen LogP contribution in [0.4, 0.5) is 5.69 Å². The fourth-order valence-electron chi connectivity index (χ4n) is 2.08. The first-order valence-corrected chi connectivity index (χ1v) is 7.44. The lowest BCUT2D eigenvalue weighted by Crippen LogP contribution is -2.10. The minimum atomic E-state index is 0.196. The molecule has 1 aliphatic heterocycles. The number of hydrogen-bond acceptors (Lipinski definition) is 4. The lowest BCUT2D eigenvalue weighted by Gasteiger charge is -2.14. The van der Waals surface area contributed by atoms with Gasteiger partial charge in [-0.1, -0.05) is 54.2 Å². The van der Waals surface area contributed by atoms with Gasteiger partial charge in [0.2, 0.25) is 0 Å². The zero-order valence-electron chi connectivity index (χ0n) is 11.6. The molecule has 0 amide bonds. The zero-order valence-corrected chi connectivity index (χ0v) is 12.4. The van der Waals surface area contributed by atoms with Gasteiger partial charge in [-0.2, -0.15) is 5.10 Å². The Balaban J connectivity index is 1.73. The smallest absolute Gasteiger partial charge is 0.126 e. The Morgan fingerprint density at radius 2 is 1.70 bits per heavy atom. The van der Waals surface area contributed by atoms with Crippen LogP contribution < -0.4 is 10.3 Å². The highest BCUT2D eigenvalue weighted by molar-refractivity contribution is 8.14. The van der Waals surface area contributed by atoms with Crippen LogP contribution in [0.2, 0.25) is 0 Å². The van der Waals surface area contributed by atoms with E-state index in [9.17, 15) is 0 Å². The van der Waals surface area contributed by atoms with Crippen LogP contribution in [-0.2, 0) is 0 Å². The summed E-state index contributed by atoms with van der Waals surface area (Å²) >= 11 is 1.76. The third kappa shape index (κ3) is 2.65. The molecule has 0 fully saturated rings. The van der Waals surface area contributed by atoms with E-state index in [1.807, 2.05) is 32.3 Å². The first-order chi connectivity index (χ1) is 9.74. The minimum Gasteiger partial charge on any atom is -0.378 e. The number of rotatable bonds is 3. The summed E-state index contributed by atoms with van der Waals surface area (Å²) in [6.07, 6.45) is 0. The van der Waals surface area contributed by atoms with Gasteiger partial charge in [0, 0.05) is 25.3 Å². The zero-order chi connectivity index (χ0) is 13.9. The molecular formula is C16H17N3S. The SMILES string of the molecule is CN(C)c1ccc(C2NN=C(c3ccccc3)S2)cc1. The van der Waals surface area contributed by atoms with Gasteiger partial charge in [-0.05, 0) is 17.7 Å². The maximum absolute atomic E-state index is 4.44. The maximum atomic E-state index is 4.44.